The van der Waals surface area contributed by atoms with Crippen LogP contribution >= 0.6 is 0 Å². The minimum absolute atomic E-state index is 0.557. The molecule has 4 heteroatoms. The van der Waals surface area contributed by atoms with E-state index >= 15 is 0 Å². The fraction of sp³-hybridized carbons (Fsp3) is 0.500. The lowest BCUT2D eigenvalue weighted by Crippen LogP contribution is -2.11. The molecular weight excluding hydrogens is 346 g/mol. The molecular formula is C24H35N3O. The number of aryl methyl sites for hydroxylation is 1. The van der Waals surface area contributed by atoms with Crippen molar-refractivity contribution in [2.24, 2.45) is 16.1 Å². The van der Waals surface area contributed by atoms with E-state index in [2.05, 4.69) is 43.1 Å². The van der Waals surface area contributed by atoms with Crippen molar-refractivity contribution < 1.29 is 4.74 Å². The fourth-order valence-corrected chi connectivity index (χ4v) is 3.06. The summed E-state index contributed by atoms with van der Waals surface area (Å²) in [4.78, 5) is 0. The summed E-state index contributed by atoms with van der Waals surface area (Å²) in [5.41, 5.74) is 9.54. The third kappa shape index (κ3) is 7.34. The van der Waals surface area contributed by atoms with E-state index < -0.39 is 0 Å². The van der Waals surface area contributed by atoms with Crippen LogP contribution in [0.1, 0.15) is 64.9 Å². The smallest absolute Gasteiger partial charge is 0.148 e. The normalized spacial score (nSPS) is 12.4. The van der Waals surface area contributed by atoms with Gasteiger partial charge in [0.25, 0.3) is 0 Å². The molecule has 2 aromatic rings. The summed E-state index contributed by atoms with van der Waals surface area (Å²) in [5.74, 6) is 1.26. The van der Waals surface area contributed by atoms with Crippen molar-refractivity contribution in [3.05, 3.63) is 48.0 Å². The predicted molar refractivity (Wildman–Crippen MR) is 119 cm³/mol. The highest BCUT2D eigenvalue weighted by Crippen LogP contribution is 2.32. The van der Waals surface area contributed by atoms with Crippen LogP contribution in [-0.2, 0) is 6.42 Å². The van der Waals surface area contributed by atoms with Crippen LogP contribution in [0.15, 0.2) is 52.7 Å². The summed E-state index contributed by atoms with van der Waals surface area (Å²) in [7, 11) is 0. The van der Waals surface area contributed by atoms with Crippen LogP contribution in [0.3, 0.4) is 0 Å². The number of rotatable bonds is 12. The van der Waals surface area contributed by atoms with Crippen molar-refractivity contribution in [3.63, 3.8) is 0 Å². The molecule has 4 nitrogen and oxygen atoms in total. The number of nitrogens with zero attached hydrogens (tertiary/aromatic N) is 2. The molecule has 0 radical (unpaired) electrons. The average molecular weight is 382 g/mol. The quantitative estimate of drug-likeness (QED) is 0.303. The van der Waals surface area contributed by atoms with Crippen LogP contribution in [0.2, 0.25) is 0 Å². The van der Waals surface area contributed by atoms with Crippen LogP contribution in [0.4, 0.5) is 17.1 Å². The van der Waals surface area contributed by atoms with Crippen LogP contribution in [0.5, 0.6) is 5.75 Å². The zero-order valence-corrected chi connectivity index (χ0v) is 17.7. The molecule has 2 N–H and O–H groups in total. The zero-order chi connectivity index (χ0) is 20.2. The standard InChI is InChI=1S/C24H35N3O/c1-4-7-9-19(6-3)18-28-24-17-21(25)13-16-23(24)27-26-22-14-11-20(12-15-22)10-8-5-2/h11-17,19H,4-10,18,25H2,1-3H3/b27-26+. The maximum Gasteiger partial charge on any atom is 0.148 e. The number of nitrogens with two attached hydrogens (primary N) is 1. The lowest BCUT2D eigenvalue weighted by atomic mass is 10.0. The lowest BCUT2D eigenvalue weighted by molar-refractivity contribution is 0.234. The van der Waals surface area contributed by atoms with Gasteiger partial charge in [-0.2, -0.15) is 5.11 Å². The number of hydrogen-bond donors (Lipinski definition) is 1. The third-order valence-corrected chi connectivity index (χ3v) is 5.03. The van der Waals surface area contributed by atoms with Gasteiger partial charge in [0.05, 0.1) is 12.3 Å². The highest BCUT2D eigenvalue weighted by Gasteiger charge is 2.10. The maximum absolute atomic E-state index is 6.09. The van der Waals surface area contributed by atoms with Gasteiger partial charge in [-0.25, -0.2) is 0 Å². The van der Waals surface area contributed by atoms with Crippen molar-refractivity contribution in [1.29, 1.82) is 0 Å². The molecule has 1 atom stereocenters. The Morgan fingerprint density at radius 1 is 0.929 bits per heavy atom. The Kier molecular flexibility index (Phi) is 9.53. The molecule has 1 unspecified atom stereocenters. The van der Waals surface area contributed by atoms with E-state index in [4.69, 9.17) is 10.5 Å². The van der Waals surface area contributed by atoms with Crippen molar-refractivity contribution in [2.75, 3.05) is 12.3 Å². The van der Waals surface area contributed by atoms with Gasteiger partial charge in [0.1, 0.15) is 11.4 Å². The monoisotopic (exact) mass is 381 g/mol. The van der Waals surface area contributed by atoms with Gasteiger partial charge in [0.2, 0.25) is 0 Å². The van der Waals surface area contributed by atoms with Gasteiger partial charge in [-0.05, 0) is 55.0 Å². The highest BCUT2D eigenvalue weighted by molar-refractivity contribution is 5.59. The highest BCUT2D eigenvalue weighted by atomic mass is 16.5. The van der Waals surface area contributed by atoms with Crippen molar-refractivity contribution in [1.82, 2.24) is 0 Å². The summed E-state index contributed by atoms with van der Waals surface area (Å²) in [6.07, 6.45) is 8.29. The van der Waals surface area contributed by atoms with E-state index in [1.807, 2.05) is 30.3 Å². The molecule has 0 aliphatic heterocycles. The van der Waals surface area contributed by atoms with Crippen LogP contribution in [0, 0.1) is 5.92 Å². The first-order chi connectivity index (χ1) is 13.7. The van der Waals surface area contributed by atoms with Crippen molar-refractivity contribution in [3.8, 4) is 5.75 Å². The molecule has 0 amide bonds. The topological polar surface area (TPSA) is 60.0 Å². The number of nitrogen functional groups attached to an aromatic ring is 1. The summed E-state index contributed by atoms with van der Waals surface area (Å²) >= 11 is 0. The Labute approximate surface area is 170 Å². The molecule has 28 heavy (non-hydrogen) atoms. The number of ether oxygens (including phenoxy) is 1. The van der Waals surface area contributed by atoms with Gasteiger partial charge in [0.15, 0.2) is 0 Å². The first-order valence-electron chi connectivity index (χ1n) is 10.7. The van der Waals surface area contributed by atoms with E-state index in [0.717, 1.165) is 24.2 Å². The van der Waals surface area contributed by atoms with E-state index in [1.54, 1.807) is 0 Å². The number of hydrogen-bond acceptors (Lipinski definition) is 4. The molecule has 0 aliphatic rings. The van der Waals surface area contributed by atoms with Crippen molar-refractivity contribution >= 4 is 17.1 Å². The van der Waals surface area contributed by atoms with E-state index in [1.165, 1.54) is 37.7 Å². The largest absolute Gasteiger partial charge is 0.491 e. The summed E-state index contributed by atoms with van der Waals surface area (Å²) in [6.45, 7) is 7.34. The molecule has 0 saturated carbocycles. The van der Waals surface area contributed by atoms with Crippen LogP contribution in [-0.4, -0.2) is 6.61 Å². The number of unbranched alkanes of at least 4 members (excludes halogenated alkanes) is 2. The zero-order valence-electron chi connectivity index (χ0n) is 17.7. The minimum Gasteiger partial charge on any atom is -0.491 e. The molecule has 0 bridgehead atoms. The Morgan fingerprint density at radius 3 is 2.36 bits per heavy atom. The van der Waals surface area contributed by atoms with Crippen molar-refractivity contribution in [2.45, 2.75) is 65.7 Å². The second kappa shape index (κ2) is 12.2. The molecule has 0 aliphatic carbocycles. The molecule has 152 valence electrons. The van der Waals surface area contributed by atoms with E-state index in [0.29, 0.717) is 24.0 Å². The van der Waals surface area contributed by atoms with Gasteiger partial charge >= 0.3 is 0 Å². The number of anilines is 1. The first kappa shape index (κ1) is 21.9. The molecule has 0 saturated heterocycles. The van der Waals surface area contributed by atoms with Gasteiger partial charge in [-0.3, -0.25) is 0 Å². The number of benzene rings is 2. The molecule has 0 fully saturated rings. The van der Waals surface area contributed by atoms with Gasteiger partial charge in [-0.15, -0.1) is 5.11 Å². The maximum atomic E-state index is 6.09. The first-order valence-corrected chi connectivity index (χ1v) is 10.7. The van der Waals surface area contributed by atoms with E-state index in [9.17, 15) is 0 Å². The number of azo groups is 1. The summed E-state index contributed by atoms with van der Waals surface area (Å²) in [5, 5.41) is 8.81. The molecule has 2 aromatic carbocycles. The lowest BCUT2D eigenvalue weighted by Gasteiger charge is -2.16. The minimum atomic E-state index is 0.557. The van der Waals surface area contributed by atoms with Gasteiger partial charge in [-0.1, -0.05) is 58.6 Å². The van der Waals surface area contributed by atoms with Crippen LogP contribution < -0.4 is 10.5 Å². The third-order valence-electron chi connectivity index (χ3n) is 5.03. The molecule has 0 heterocycles. The second-order valence-corrected chi connectivity index (χ2v) is 7.42. The molecule has 0 aromatic heterocycles. The van der Waals surface area contributed by atoms with E-state index in [-0.39, 0.29) is 0 Å². The fourth-order valence-electron chi connectivity index (χ4n) is 3.06. The summed E-state index contributed by atoms with van der Waals surface area (Å²) < 4.78 is 6.09. The SMILES string of the molecule is CCCCc1ccc(/N=N/c2ccc(N)cc2OCC(CC)CCCC)cc1. The molecule has 2 rings (SSSR count). The van der Waals surface area contributed by atoms with Gasteiger partial charge in [0, 0.05) is 11.8 Å². The Balaban J connectivity index is 2.05. The Morgan fingerprint density at radius 2 is 1.68 bits per heavy atom. The Hall–Kier alpha value is -2.36. The van der Waals surface area contributed by atoms with Gasteiger partial charge < -0.3 is 10.5 Å². The van der Waals surface area contributed by atoms with Crippen LogP contribution in [0.25, 0.3) is 0 Å². The predicted octanol–water partition coefficient (Wildman–Crippen LogP) is 7.62. The Bertz CT molecular complexity index is 725. The average Bonchev–Trinajstić information content (AvgIpc) is 2.72. The second-order valence-electron chi connectivity index (χ2n) is 7.42. The molecule has 0 spiro atoms. The summed E-state index contributed by atoms with van der Waals surface area (Å²) in [6, 6.07) is 13.8.